The Kier molecular flexibility index (Phi) is 6.54. The number of nitrogens with one attached hydrogen (secondary N) is 1. The third-order valence-corrected chi connectivity index (χ3v) is 3.99. The number of sulfonamides is 1. The zero-order valence-corrected chi connectivity index (χ0v) is 12.9. The van der Waals surface area contributed by atoms with Crippen LogP contribution in [0, 0.1) is 0 Å². The quantitative estimate of drug-likeness (QED) is 0.445. The number of methoxy groups -OCH3 is 1. The van der Waals surface area contributed by atoms with Crippen molar-refractivity contribution in [3.05, 3.63) is 42.0 Å². The summed E-state index contributed by atoms with van der Waals surface area (Å²) in [6, 6.07) is 5.86. The standard InChI is InChI=1S/C14H19NO5S/c1-11(2)10-20-9-8-15-21(17,18)13-7-5-4-6-12(13)14(16)19-3/h4-7,15H,1,8-10H2,2-3H3. The molecule has 0 aliphatic rings. The molecule has 0 bridgehead atoms. The molecule has 0 unspecified atom stereocenters. The van der Waals surface area contributed by atoms with Gasteiger partial charge in [0.15, 0.2) is 0 Å². The topological polar surface area (TPSA) is 81.7 Å². The molecule has 0 atom stereocenters. The van der Waals surface area contributed by atoms with Crippen LogP contribution in [0.3, 0.4) is 0 Å². The van der Waals surface area contributed by atoms with Crippen LogP contribution in [0.25, 0.3) is 0 Å². The molecule has 0 fully saturated rings. The van der Waals surface area contributed by atoms with E-state index < -0.39 is 16.0 Å². The second-order valence-electron chi connectivity index (χ2n) is 4.40. The number of benzene rings is 1. The number of ether oxygens (including phenoxy) is 2. The summed E-state index contributed by atoms with van der Waals surface area (Å²) < 4.78 is 36.5. The molecule has 1 N–H and O–H groups in total. The summed E-state index contributed by atoms with van der Waals surface area (Å²) in [5.41, 5.74) is 0.851. The fraction of sp³-hybridized carbons (Fsp3) is 0.357. The van der Waals surface area contributed by atoms with E-state index in [1.165, 1.54) is 19.2 Å². The third kappa shape index (κ3) is 5.30. The average molecular weight is 313 g/mol. The molecule has 0 amide bonds. The van der Waals surface area contributed by atoms with Gasteiger partial charge in [0.1, 0.15) is 0 Å². The van der Waals surface area contributed by atoms with Crippen molar-refractivity contribution in [2.45, 2.75) is 11.8 Å². The van der Waals surface area contributed by atoms with Crippen LogP contribution < -0.4 is 4.72 Å². The second kappa shape index (κ2) is 7.92. The van der Waals surface area contributed by atoms with Crippen LogP contribution in [-0.4, -0.2) is 41.3 Å². The highest BCUT2D eigenvalue weighted by molar-refractivity contribution is 7.89. The highest BCUT2D eigenvalue weighted by Crippen LogP contribution is 2.15. The van der Waals surface area contributed by atoms with Crippen molar-refractivity contribution < 1.29 is 22.7 Å². The maximum Gasteiger partial charge on any atom is 0.339 e. The van der Waals surface area contributed by atoms with E-state index in [0.29, 0.717) is 6.61 Å². The van der Waals surface area contributed by atoms with Crippen molar-refractivity contribution in [1.82, 2.24) is 4.72 Å². The van der Waals surface area contributed by atoms with Crippen molar-refractivity contribution in [3.8, 4) is 0 Å². The molecular formula is C14H19NO5S. The van der Waals surface area contributed by atoms with Gasteiger partial charge in [-0.25, -0.2) is 17.9 Å². The van der Waals surface area contributed by atoms with Crippen LogP contribution in [-0.2, 0) is 19.5 Å². The van der Waals surface area contributed by atoms with E-state index in [0.717, 1.165) is 5.57 Å². The van der Waals surface area contributed by atoms with Gasteiger partial charge in [0, 0.05) is 6.54 Å². The lowest BCUT2D eigenvalue weighted by Crippen LogP contribution is -2.29. The minimum absolute atomic E-state index is 0.00430. The van der Waals surface area contributed by atoms with Crippen molar-refractivity contribution in [2.24, 2.45) is 0 Å². The van der Waals surface area contributed by atoms with Crippen LogP contribution >= 0.6 is 0 Å². The average Bonchev–Trinajstić information content (AvgIpc) is 2.45. The second-order valence-corrected chi connectivity index (χ2v) is 6.13. The van der Waals surface area contributed by atoms with Gasteiger partial charge in [-0.2, -0.15) is 0 Å². The Hall–Kier alpha value is -1.70. The Labute approximate surface area is 124 Å². The van der Waals surface area contributed by atoms with Gasteiger partial charge in [0.2, 0.25) is 10.0 Å². The first-order valence-electron chi connectivity index (χ1n) is 6.27. The number of rotatable bonds is 8. The summed E-state index contributed by atoms with van der Waals surface area (Å²) in [4.78, 5) is 11.5. The molecule has 0 radical (unpaired) electrons. The van der Waals surface area contributed by atoms with Crippen molar-refractivity contribution in [1.29, 1.82) is 0 Å². The number of esters is 1. The molecule has 0 saturated carbocycles. The molecule has 0 saturated heterocycles. The van der Waals surface area contributed by atoms with E-state index in [-0.39, 0.29) is 23.6 Å². The van der Waals surface area contributed by atoms with Gasteiger partial charge in [0.05, 0.1) is 30.8 Å². The van der Waals surface area contributed by atoms with Crippen molar-refractivity contribution in [2.75, 3.05) is 26.9 Å². The predicted molar refractivity (Wildman–Crippen MR) is 78.6 cm³/mol. The summed E-state index contributed by atoms with van der Waals surface area (Å²) in [5, 5.41) is 0. The molecule has 1 aromatic rings. The number of carbonyl (C=O) groups excluding carboxylic acids is 1. The molecule has 0 heterocycles. The monoisotopic (exact) mass is 313 g/mol. The zero-order chi connectivity index (χ0) is 15.9. The lowest BCUT2D eigenvalue weighted by molar-refractivity contribution is 0.0596. The Bertz CT molecular complexity index is 610. The molecule has 7 heteroatoms. The molecule has 6 nitrogen and oxygen atoms in total. The van der Waals surface area contributed by atoms with Crippen LogP contribution in [0.15, 0.2) is 41.3 Å². The van der Waals surface area contributed by atoms with Crippen LogP contribution in [0.5, 0.6) is 0 Å². The molecule has 0 aromatic heterocycles. The summed E-state index contributed by atoms with van der Waals surface area (Å²) in [6.07, 6.45) is 0. The number of carbonyl (C=O) groups is 1. The molecule has 1 rings (SSSR count). The normalized spacial score (nSPS) is 11.1. The molecule has 0 spiro atoms. The number of hydrogen-bond donors (Lipinski definition) is 1. The first kappa shape index (κ1) is 17.4. The van der Waals surface area contributed by atoms with Crippen LogP contribution in [0.2, 0.25) is 0 Å². The van der Waals surface area contributed by atoms with Gasteiger partial charge in [0.25, 0.3) is 0 Å². The molecule has 116 valence electrons. The van der Waals surface area contributed by atoms with Crippen molar-refractivity contribution >= 4 is 16.0 Å². The Morgan fingerprint density at radius 2 is 2.00 bits per heavy atom. The maximum atomic E-state index is 12.2. The van der Waals surface area contributed by atoms with E-state index in [1.807, 2.05) is 6.92 Å². The molecule has 0 aliphatic carbocycles. The Morgan fingerprint density at radius 3 is 2.62 bits per heavy atom. The van der Waals surface area contributed by atoms with E-state index in [1.54, 1.807) is 12.1 Å². The molecule has 0 aliphatic heterocycles. The molecule has 1 aromatic carbocycles. The summed E-state index contributed by atoms with van der Waals surface area (Å²) >= 11 is 0. The van der Waals surface area contributed by atoms with E-state index in [2.05, 4.69) is 16.0 Å². The van der Waals surface area contributed by atoms with Gasteiger partial charge in [-0.3, -0.25) is 0 Å². The fourth-order valence-corrected chi connectivity index (χ4v) is 2.76. The lowest BCUT2D eigenvalue weighted by atomic mass is 10.2. The first-order valence-corrected chi connectivity index (χ1v) is 7.76. The van der Waals surface area contributed by atoms with Crippen molar-refractivity contribution in [3.63, 3.8) is 0 Å². The van der Waals surface area contributed by atoms with E-state index in [9.17, 15) is 13.2 Å². The predicted octanol–water partition coefficient (Wildman–Crippen LogP) is 1.34. The molecule has 21 heavy (non-hydrogen) atoms. The summed E-state index contributed by atoms with van der Waals surface area (Å²) in [6.45, 7) is 6.18. The fourth-order valence-electron chi connectivity index (χ4n) is 1.55. The number of hydrogen-bond acceptors (Lipinski definition) is 5. The van der Waals surface area contributed by atoms with E-state index in [4.69, 9.17) is 4.74 Å². The Morgan fingerprint density at radius 1 is 1.33 bits per heavy atom. The van der Waals surface area contributed by atoms with Gasteiger partial charge in [-0.05, 0) is 19.1 Å². The first-order chi connectivity index (χ1) is 9.88. The zero-order valence-electron chi connectivity index (χ0n) is 12.1. The van der Waals surface area contributed by atoms with Gasteiger partial charge in [-0.1, -0.05) is 24.3 Å². The Balaban J connectivity index is 2.75. The van der Waals surface area contributed by atoms with Gasteiger partial charge < -0.3 is 9.47 Å². The van der Waals surface area contributed by atoms with Crippen LogP contribution in [0.1, 0.15) is 17.3 Å². The highest BCUT2D eigenvalue weighted by Gasteiger charge is 2.21. The SMILES string of the molecule is C=C(C)COCCNS(=O)(=O)c1ccccc1C(=O)OC. The van der Waals surface area contributed by atoms with Gasteiger partial charge in [-0.15, -0.1) is 0 Å². The maximum absolute atomic E-state index is 12.2. The largest absolute Gasteiger partial charge is 0.465 e. The third-order valence-electron chi connectivity index (χ3n) is 2.47. The molecular weight excluding hydrogens is 294 g/mol. The van der Waals surface area contributed by atoms with Gasteiger partial charge >= 0.3 is 5.97 Å². The summed E-state index contributed by atoms with van der Waals surface area (Å²) in [7, 11) is -2.60. The van der Waals surface area contributed by atoms with E-state index >= 15 is 0 Å². The minimum atomic E-state index is -3.80. The smallest absolute Gasteiger partial charge is 0.339 e. The highest BCUT2D eigenvalue weighted by atomic mass is 32.2. The van der Waals surface area contributed by atoms with Crippen LogP contribution in [0.4, 0.5) is 0 Å². The lowest BCUT2D eigenvalue weighted by Gasteiger charge is -2.10. The summed E-state index contributed by atoms with van der Waals surface area (Å²) in [5.74, 6) is -0.700. The minimum Gasteiger partial charge on any atom is -0.465 e.